The average molecular weight is 602 g/mol. The Labute approximate surface area is 250 Å². The first-order valence-electron chi connectivity index (χ1n) is 14.0. The quantitative estimate of drug-likeness (QED) is 0.321. The zero-order valence-electron chi connectivity index (χ0n) is 24.2. The molecule has 5 rings (SSSR count). The number of carbonyl (C=O) groups excluding carboxylic acids is 2. The summed E-state index contributed by atoms with van der Waals surface area (Å²) in [5.41, 5.74) is 2.08. The maximum absolute atomic E-state index is 13.5. The fourth-order valence-corrected chi connectivity index (χ4v) is 6.38. The van der Waals surface area contributed by atoms with E-state index in [0.29, 0.717) is 48.0 Å². The van der Waals surface area contributed by atoms with Crippen LogP contribution < -0.4 is 10.6 Å². The fraction of sp³-hybridized carbons (Fsp3) is 0.517. The summed E-state index contributed by atoms with van der Waals surface area (Å²) in [6, 6.07) is 4.25. The van der Waals surface area contributed by atoms with E-state index in [2.05, 4.69) is 78.0 Å². The summed E-state index contributed by atoms with van der Waals surface area (Å²) in [4.78, 5) is 34.1. The van der Waals surface area contributed by atoms with Crippen LogP contribution in [-0.2, 0) is 16.8 Å². The summed E-state index contributed by atoms with van der Waals surface area (Å²) in [6.45, 7) is 17.2. The number of carbonyl (C=O) groups is 2. The lowest BCUT2D eigenvalue weighted by atomic mass is 9.86. The number of halogens is 2. The molecular weight excluding hydrogens is 563 g/mol. The van der Waals surface area contributed by atoms with Gasteiger partial charge in [-0.1, -0.05) is 50.6 Å². The summed E-state index contributed by atoms with van der Waals surface area (Å²) in [6.07, 6.45) is 2.16. The van der Waals surface area contributed by atoms with Crippen molar-refractivity contribution in [2.75, 3.05) is 31.5 Å². The maximum atomic E-state index is 13.5. The molecule has 10 nitrogen and oxygen atoms in total. The van der Waals surface area contributed by atoms with Crippen molar-refractivity contribution >= 4 is 51.7 Å². The second-order valence-electron chi connectivity index (χ2n) is 12.2. The van der Waals surface area contributed by atoms with Crippen LogP contribution in [-0.4, -0.2) is 79.6 Å². The van der Waals surface area contributed by atoms with Crippen molar-refractivity contribution in [3.8, 4) is 0 Å². The molecule has 2 saturated heterocycles. The van der Waals surface area contributed by atoms with Crippen molar-refractivity contribution in [3.05, 3.63) is 52.0 Å². The standard InChI is InChI=1S/C29H38Cl2N8O2/c1-7-24(40)38-13-17(14-38)33-28(41)25-26(31)34-23(39(25)18-8-9-37(15-18)16(2)3)12-32-27-19-10-20(29(4,5)6)21(30)11-22(19)35-36-27/h7,10-11,16-18H,1,8-9,12-15H2,2-6H3,(H,33,41)(H2,32,35,36). The van der Waals surface area contributed by atoms with Gasteiger partial charge in [-0.25, -0.2) is 4.98 Å². The highest BCUT2D eigenvalue weighted by atomic mass is 35.5. The largest absolute Gasteiger partial charge is 0.361 e. The van der Waals surface area contributed by atoms with Crippen molar-refractivity contribution in [2.45, 2.75) is 71.1 Å². The number of imidazole rings is 1. The first-order chi connectivity index (χ1) is 19.4. The van der Waals surface area contributed by atoms with Crippen LogP contribution in [0.25, 0.3) is 10.9 Å². The Morgan fingerprint density at radius 2 is 1.95 bits per heavy atom. The molecule has 0 saturated carbocycles. The molecule has 1 aromatic carbocycles. The van der Waals surface area contributed by atoms with Crippen molar-refractivity contribution in [3.63, 3.8) is 0 Å². The summed E-state index contributed by atoms with van der Waals surface area (Å²) in [5.74, 6) is 0.904. The predicted octanol–water partition coefficient (Wildman–Crippen LogP) is 4.76. The molecule has 3 N–H and O–H groups in total. The molecule has 0 radical (unpaired) electrons. The number of aromatic nitrogens is 4. The summed E-state index contributed by atoms with van der Waals surface area (Å²) in [5, 5.41) is 15.8. The molecular formula is C29H38Cl2N8O2. The van der Waals surface area contributed by atoms with E-state index in [1.54, 1.807) is 4.90 Å². The van der Waals surface area contributed by atoms with Crippen LogP contribution in [0.15, 0.2) is 24.8 Å². The third-order valence-electron chi connectivity index (χ3n) is 8.02. The van der Waals surface area contributed by atoms with E-state index in [1.807, 2.05) is 10.6 Å². The Morgan fingerprint density at radius 3 is 2.59 bits per heavy atom. The minimum absolute atomic E-state index is 0.0393. The number of fused-ring (bicyclic) bond motifs is 1. The Bertz CT molecular complexity index is 1480. The Balaban J connectivity index is 1.42. The van der Waals surface area contributed by atoms with Crippen LogP contribution in [0.5, 0.6) is 0 Å². The van der Waals surface area contributed by atoms with Gasteiger partial charge in [-0.3, -0.25) is 19.6 Å². The second-order valence-corrected chi connectivity index (χ2v) is 13.0. The highest BCUT2D eigenvalue weighted by molar-refractivity contribution is 6.32. The van der Waals surface area contributed by atoms with Gasteiger partial charge in [-0.15, -0.1) is 0 Å². The highest BCUT2D eigenvalue weighted by Gasteiger charge is 2.35. The third-order valence-corrected chi connectivity index (χ3v) is 8.60. The smallest absolute Gasteiger partial charge is 0.271 e. The van der Waals surface area contributed by atoms with Gasteiger partial charge in [0.05, 0.1) is 18.1 Å². The van der Waals surface area contributed by atoms with E-state index in [-0.39, 0.29) is 34.5 Å². The van der Waals surface area contributed by atoms with Crippen LogP contribution in [0, 0.1) is 0 Å². The number of rotatable bonds is 8. The monoisotopic (exact) mass is 600 g/mol. The number of nitrogens with one attached hydrogen (secondary N) is 3. The third kappa shape index (κ3) is 5.82. The molecule has 0 bridgehead atoms. The molecule has 1 unspecified atom stereocenters. The Kier molecular flexibility index (Phi) is 8.11. The van der Waals surface area contributed by atoms with Crippen LogP contribution in [0.1, 0.15) is 69.0 Å². The SMILES string of the molecule is C=CC(=O)N1CC(NC(=O)c2c(Cl)nc(CNc3n[nH]c4cc(Cl)c(C(C)(C)C)cc34)n2C2CCN(C(C)C)C2)C1. The highest BCUT2D eigenvalue weighted by Crippen LogP contribution is 2.35. The van der Waals surface area contributed by atoms with E-state index in [0.717, 1.165) is 36.0 Å². The average Bonchev–Trinajstić information content (AvgIpc) is 3.59. The molecule has 1 atom stereocenters. The van der Waals surface area contributed by atoms with Gasteiger partial charge in [0.15, 0.2) is 11.0 Å². The molecule has 2 fully saturated rings. The van der Waals surface area contributed by atoms with E-state index >= 15 is 0 Å². The Morgan fingerprint density at radius 1 is 1.22 bits per heavy atom. The van der Waals surface area contributed by atoms with E-state index in [4.69, 9.17) is 23.2 Å². The predicted molar refractivity (Wildman–Crippen MR) is 163 cm³/mol. The van der Waals surface area contributed by atoms with Crippen molar-refractivity contribution < 1.29 is 9.59 Å². The lowest BCUT2D eigenvalue weighted by Crippen LogP contribution is -2.60. The van der Waals surface area contributed by atoms with E-state index < -0.39 is 0 Å². The number of amides is 2. The van der Waals surface area contributed by atoms with E-state index in [9.17, 15) is 9.59 Å². The molecule has 4 heterocycles. The molecule has 12 heteroatoms. The van der Waals surface area contributed by atoms with Gasteiger partial charge in [0.1, 0.15) is 11.5 Å². The zero-order chi connectivity index (χ0) is 29.6. The molecule has 41 heavy (non-hydrogen) atoms. The topological polar surface area (TPSA) is 111 Å². The van der Waals surface area contributed by atoms with Gasteiger partial charge in [0, 0.05) is 48.7 Å². The van der Waals surface area contributed by atoms with Gasteiger partial charge in [0.25, 0.3) is 5.91 Å². The van der Waals surface area contributed by atoms with Crippen LogP contribution in [0.3, 0.4) is 0 Å². The minimum Gasteiger partial charge on any atom is -0.361 e. The van der Waals surface area contributed by atoms with Gasteiger partial charge in [0.2, 0.25) is 5.91 Å². The molecule has 220 valence electrons. The number of benzene rings is 1. The number of hydrogen-bond donors (Lipinski definition) is 3. The van der Waals surface area contributed by atoms with Crippen LogP contribution >= 0.6 is 23.2 Å². The zero-order valence-corrected chi connectivity index (χ0v) is 25.7. The number of H-pyrrole nitrogens is 1. The molecule has 2 amide bonds. The number of anilines is 1. The lowest BCUT2D eigenvalue weighted by Gasteiger charge is -2.39. The molecule has 0 aliphatic carbocycles. The first kappa shape index (κ1) is 29.4. The fourth-order valence-electron chi connectivity index (χ4n) is 5.66. The number of hydrogen-bond acceptors (Lipinski definition) is 6. The molecule has 0 spiro atoms. The number of aromatic amines is 1. The summed E-state index contributed by atoms with van der Waals surface area (Å²) >= 11 is 13.2. The van der Waals surface area contributed by atoms with Crippen molar-refractivity contribution in [1.82, 2.24) is 34.9 Å². The second kappa shape index (κ2) is 11.3. The minimum atomic E-state index is -0.290. The summed E-state index contributed by atoms with van der Waals surface area (Å²) in [7, 11) is 0. The molecule has 3 aromatic rings. The van der Waals surface area contributed by atoms with Crippen molar-refractivity contribution in [1.29, 1.82) is 0 Å². The maximum Gasteiger partial charge on any atom is 0.271 e. The number of likely N-dealkylation sites (tertiary alicyclic amines) is 2. The van der Waals surface area contributed by atoms with Gasteiger partial charge in [-0.2, -0.15) is 5.10 Å². The molecule has 2 aliphatic rings. The molecule has 2 aromatic heterocycles. The Hall–Kier alpha value is -3.08. The molecule has 2 aliphatic heterocycles. The first-order valence-corrected chi connectivity index (χ1v) is 14.8. The lowest BCUT2D eigenvalue weighted by molar-refractivity contribution is -0.130. The van der Waals surface area contributed by atoms with Gasteiger partial charge < -0.3 is 20.1 Å². The summed E-state index contributed by atoms with van der Waals surface area (Å²) < 4.78 is 1.99. The van der Waals surface area contributed by atoms with Gasteiger partial charge in [-0.05, 0) is 49.5 Å². The van der Waals surface area contributed by atoms with Crippen LogP contribution in [0.4, 0.5) is 5.82 Å². The van der Waals surface area contributed by atoms with Crippen LogP contribution in [0.2, 0.25) is 10.2 Å². The number of nitrogens with zero attached hydrogens (tertiary/aromatic N) is 5. The van der Waals surface area contributed by atoms with Gasteiger partial charge >= 0.3 is 0 Å². The van der Waals surface area contributed by atoms with Crippen molar-refractivity contribution in [2.24, 2.45) is 0 Å². The normalized spacial score (nSPS) is 18.2. The van der Waals surface area contributed by atoms with E-state index in [1.165, 1.54) is 6.08 Å².